The second kappa shape index (κ2) is 13.7. The largest absolute Gasteiger partial charge is 0.481 e. The fraction of sp³-hybridized carbons (Fsp3) is 0.448. The molecule has 5 rings (SSSR count). The summed E-state index contributed by atoms with van der Waals surface area (Å²) in [7, 11) is 2.15. The van der Waals surface area contributed by atoms with E-state index in [9.17, 15) is 4.79 Å². The lowest BCUT2D eigenvalue weighted by molar-refractivity contribution is -0.138. The van der Waals surface area contributed by atoms with Crippen molar-refractivity contribution < 1.29 is 14.6 Å². The normalized spacial score (nSPS) is 17.5. The third-order valence-electron chi connectivity index (χ3n) is 7.46. The lowest BCUT2D eigenvalue weighted by Gasteiger charge is -2.31. The van der Waals surface area contributed by atoms with Gasteiger partial charge in [-0.3, -0.25) is 9.69 Å². The van der Waals surface area contributed by atoms with E-state index in [1.165, 1.54) is 0 Å². The smallest absolute Gasteiger partial charge is 0.303 e. The molecule has 2 aliphatic rings. The summed E-state index contributed by atoms with van der Waals surface area (Å²) in [6, 6.07) is 10.5. The van der Waals surface area contributed by atoms with Gasteiger partial charge in [-0.25, -0.2) is 15.0 Å². The van der Waals surface area contributed by atoms with E-state index in [4.69, 9.17) is 14.8 Å². The van der Waals surface area contributed by atoms with Crippen molar-refractivity contribution >= 4 is 57.0 Å². The van der Waals surface area contributed by atoms with Crippen molar-refractivity contribution in [2.45, 2.75) is 32.2 Å². The monoisotopic (exact) mass is 768 g/mol. The first-order valence-electron chi connectivity index (χ1n) is 13.7. The molecule has 0 amide bonds. The maximum atomic E-state index is 11.1. The Bertz CT molecular complexity index is 1300. The van der Waals surface area contributed by atoms with Crippen molar-refractivity contribution in [1.29, 1.82) is 0 Å². The first kappa shape index (κ1) is 29.4. The van der Waals surface area contributed by atoms with Gasteiger partial charge in [-0.2, -0.15) is 0 Å². The number of nitrogens with zero attached hydrogens (tertiary/aromatic N) is 6. The standard InChI is InChI=1S/C29H34I2N6O3/c1-35-5-2-6-37(10-9-35)26-17-33-28(18-32-26)40-27-12-21(19-36-7-3-20(4-8-36)13-29(38)39)11-25(34-27)22-14-23(30)16-24(31)15-22/h11-12,14-18,20H,2-10,13,19H2,1H3,(H,38,39). The minimum absolute atomic E-state index is 0.255. The van der Waals surface area contributed by atoms with Crippen molar-refractivity contribution in [3.05, 3.63) is 55.4 Å². The number of anilines is 1. The Morgan fingerprint density at radius 3 is 2.42 bits per heavy atom. The summed E-state index contributed by atoms with van der Waals surface area (Å²) >= 11 is 4.67. The van der Waals surface area contributed by atoms with E-state index in [-0.39, 0.29) is 12.3 Å². The highest BCUT2D eigenvalue weighted by Gasteiger charge is 2.22. The highest BCUT2D eigenvalue weighted by molar-refractivity contribution is 14.1. The van der Waals surface area contributed by atoms with Crippen LogP contribution in [0.1, 0.15) is 31.2 Å². The zero-order valence-corrected chi connectivity index (χ0v) is 26.9. The summed E-state index contributed by atoms with van der Waals surface area (Å²) < 4.78 is 8.47. The Labute approximate surface area is 262 Å². The number of aromatic nitrogens is 3. The Hall–Kier alpha value is -2.10. The average molecular weight is 768 g/mol. The molecule has 0 atom stereocenters. The van der Waals surface area contributed by atoms with Gasteiger partial charge in [-0.05, 0) is 127 Å². The van der Waals surface area contributed by atoms with Gasteiger partial charge in [0.05, 0.1) is 18.1 Å². The third-order valence-corrected chi connectivity index (χ3v) is 8.71. The second-order valence-corrected chi connectivity index (χ2v) is 13.1. The van der Waals surface area contributed by atoms with Crippen molar-refractivity contribution in [3.8, 4) is 23.0 Å². The van der Waals surface area contributed by atoms with Gasteiger partial charge in [-0.1, -0.05) is 0 Å². The van der Waals surface area contributed by atoms with Crippen LogP contribution in [0.15, 0.2) is 42.7 Å². The summed E-state index contributed by atoms with van der Waals surface area (Å²) in [4.78, 5) is 32.2. The molecule has 1 N–H and O–H groups in total. The molecule has 0 bridgehead atoms. The van der Waals surface area contributed by atoms with Gasteiger partial charge < -0.3 is 19.6 Å². The summed E-state index contributed by atoms with van der Waals surface area (Å²) in [6.45, 7) is 6.51. The molecule has 0 aliphatic carbocycles. The molecular formula is C29H34I2N6O3. The van der Waals surface area contributed by atoms with Crippen LogP contribution in [0.3, 0.4) is 0 Å². The molecular weight excluding hydrogens is 734 g/mol. The number of piperidine rings is 1. The molecule has 11 heteroatoms. The SMILES string of the molecule is CN1CCCN(c2cnc(Oc3cc(CN4CCC(CC(=O)O)CC4)cc(-c4cc(I)cc(I)c4)n3)cn2)CC1. The lowest BCUT2D eigenvalue weighted by atomic mass is 9.93. The van der Waals surface area contributed by atoms with E-state index in [1.807, 2.05) is 6.07 Å². The summed E-state index contributed by atoms with van der Waals surface area (Å²) in [5.74, 6) is 1.32. The minimum Gasteiger partial charge on any atom is -0.481 e. The zero-order valence-electron chi connectivity index (χ0n) is 22.6. The number of benzene rings is 1. The predicted molar refractivity (Wildman–Crippen MR) is 172 cm³/mol. The maximum absolute atomic E-state index is 11.1. The van der Waals surface area contributed by atoms with Gasteiger partial charge in [0.15, 0.2) is 0 Å². The summed E-state index contributed by atoms with van der Waals surface area (Å²) in [5, 5.41) is 9.15. The van der Waals surface area contributed by atoms with E-state index in [2.05, 4.69) is 101 Å². The van der Waals surface area contributed by atoms with Crippen molar-refractivity contribution in [1.82, 2.24) is 24.8 Å². The summed E-state index contributed by atoms with van der Waals surface area (Å²) in [6.07, 6.45) is 6.62. The number of ether oxygens (including phenoxy) is 1. The number of carboxylic acid groups (broad SMARTS) is 1. The fourth-order valence-corrected chi connectivity index (χ4v) is 7.25. The number of halogens is 2. The number of pyridine rings is 1. The Kier molecular flexibility index (Phi) is 10.1. The van der Waals surface area contributed by atoms with Crippen molar-refractivity contribution in [2.24, 2.45) is 5.92 Å². The van der Waals surface area contributed by atoms with Crippen LogP contribution in [0.2, 0.25) is 0 Å². The van der Waals surface area contributed by atoms with Gasteiger partial charge in [0.25, 0.3) is 0 Å². The third kappa shape index (κ3) is 8.23. The van der Waals surface area contributed by atoms with E-state index in [0.29, 0.717) is 11.8 Å². The Morgan fingerprint density at radius 1 is 0.950 bits per heavy atom. The molecule has 2 fully saturated rings. The molecule has 0 radical (unpaired) electrons. The van der Waals surface area contributed by atoms with E-state index < -0.39 is 5.97 Å². The highest BCUT2D eigenvalue weighted by Crippen LogP contribution is 2.29. The molecule has 0 saturated carbocycles. The Balaban J connectivity index is 1.34. The van der Waals surface area contributed by atoms with Gasteiger partial charge in [0, 0.05) is 51.4 Å². The summed E-state index contributed by atoms with van der Waals surface area (Å²) in [5.41, 5.74) is 2.99. The molecule has 212 valence electrons. The number of likely N-dealkylation sites (N-methyl/N-ethyl adjacent to an activating group) is 1. The maximum Gasteiger partial charge on any atom is 0.303 e. The van der Waals surface area contributed by atoms with Crippen LogP contribution in [-0.4, -0.2) is 82.1 Å². The van der Waals surface area contributed by atoms with Gasteiger partial charge in [-0.15, -0.1) is 0 Å². The van der Waals surface area contributed by atoms with Crippen LogP contribution in [-0.2, 0) is 11.3 Å². The van der Waals surface area contributed by atoms with Crippen LogP contribution in [0.4, 0.5) is 5.82 Å². The Morgan fingerprint density at radius 2 is 1.73 bits per heavy atom. The predicted octanol–water partition coefficient (Wildman–Crippen LogP) is 5.37. The molecule has 2 aromatic heterocycles. The van der Waals surface area contributed by atoms with Crippen LogP contribution >= 0.6 is 45.2 Å². The second-order valence-electron chi connectivity index (χ2n) is 10.6. The van der Waals surface area contributed by atoms with Gasteiger partial charge in [0.2, 0.25) is 11.8 Å². The number of likely N-dealkylation sites (tertiary alicyclic amines) is 1. The van der Waals surface area contributed by atoms with Crippen LogP contribution in [0.5, 0.6) is 11.8 Å². The van der Waals surface area contributed by atoms with Crippen LogP contribution in [0.25, 0.3) is 11.3 Å². The fourth-order valence-electron chi connectivity index (χ4n) is 5.31. The molecule has 2 aliphatic heterocycles. The average Bonchev–Trinajstić information content (AvgIpc) is 3.14. The minimum atomic E-state index is -0.707. The number of carboxylic acids is 1. The molecule has 0 unspecified atom stereocenters. The topological polar surface area (TPSA) is 94.9 Å². The highest BCUT2D eigenvalue weighted by atomic mass is 127. The van der Waals surface area contributed by atoms with E-state index in [1.54, 1.807) is 12.4 Å². The van der Waals surface area contributed by atoms with E-state index >= 15 is 0 Å². The van der Waals surface area contributed by atoms with Crippen LogP contribution in [0, 0.1) is 13.1 Å². The number of carbonyl (C=O) groups is 1. The molecule has 2 saturated heterocycles. The molecule has 1 aromatic carbocycles. The van der Waals surface area contributed by atoms with Crippen LogP contribution < -0.4 is 9.64 Å². The van der Waals surface area contributed by atoms with Gasteiger partial charge >= 0.3 is 5.97 Å². The molecule has 0 spiro atoms. The molecule has 40 heavy (non-hydrogen) atoms. The quantitative estimate of drug-likeness (QED) is 0.304. The molecule has 4 heterocycles. The zero-order chi connectivity index (χ0) is 28.1. The number of hydrogen-bond donors (Lipinski definition) is 1. The molecule has 9 nitrogen and oxygen atoms in total. The molecule has 3 aromatic rings. The van der Waals surface area contributed by atoms with Crippen molar-refractivity contribution in [3.63, 3.8) is 0 Å². The lowest BCUT2D eigenvalue weighted by Crippen LogP contribution is -2.33. The van der Waals surface area contributed by atoms with Crippen molar-refractivity contribution in [2.75, 3.05) is 51.2 Å². The van der Waals surface area contributed by atoms with E-state index in [0.717, 1.165) is 94.9 Å². The first-order chi connectivity index (χ1) is 19.3. The number of hydrogen-bond acceptors (Lipinski definition) is 8. The van der Waals surface area contributed by atoms with Gasteiger partial charge in [0.1, 0.15) is 5.82 Å². The first-order valence-corrected chi connectivity index (χ1v) is 15.8. The number of aliphatic carboxylic acids is 1. The number of rotatable bonds is 8.